The zero-order valence-corrected chi connectivity index (χ0v) is 12.1. The summed E-state index contributed by atoms with van der Waals surface area (Å²) in [6.45, 7) is 0.568. The number of hydrogen-bond acceptors (Lipinski definition) is 4. The molecule has 3 rings (SSSR count). The summed E-state index contributed by atoms with van der Waals surface area (Å²) in [4.78, 5) is 25.7. The van der Waals surface area contributed by atoms with E-state index in [2.05, 4.69) is 0 Å². The van der Waals surface area contributed by atoms with Crippen LogP contribution in [-0.2, 0) is 0 Å². The molecule has 0 amide bonds. The largest absolute Gasteiger partial charge is 0.478 e. The van der Waals surface area contributed by atoms with E-state index in [0.29, 0.717) is 6.67 Å². The second-order valence-electron chi connectivity index (χ2n) is 5.08. The van der Waals surface area contributed by atoms with Crippen LogP contribution in [0.3, 0.4) is 0 Å². The third kappa shape index (κ3) is 3.01. The lowest BCUT2D eigenvalue weighted by Gasteiger charge is -2.21. The maximum atomic E-state index is 10.9. The number of rotatable bonds is 4. The van der Waals surface area contributed by atoms with Crippen molar-refractivity contribution >= 4 is 23.3 Å². The van der Waals surface area contributed by atoms with Gasteiger partial charge in [-0.3, -0.25) is 0 Å². The summed E-state index contributed by atoms with van der Waals surface area (Å²) in [5, 5.41) is 17.8. The Morgan fingerprint density at radius 3 is 1.35 bits per heavy atom. The number of aromatic carboxylic acids is 2. The summed E-state index contributed by atoms with van der Waals surface area (Å²) in [6, 6.07) is 13.3. The fourth-order valence-electron chi connectivity index (χ4n) is 2.35. The molecule has 23 heavy (non-hydrogen) atoms. The van der Waals surface area contributed by atoms with E-state index < -0.39 is 11.9 Å². The Bertz CT molecular complexity index is 701. The van der Waals surface area contributed by atoms with Gasteiger partial charge >= 0.3 is 11.9 Å². The van der Waals surface area contributed by atoms with E-state index in [9.17, 15) is 9.59 Å². The predicted octanol–water partition coefficient (Wildman–Crippen LogP) is 2.84. The van der Waals surface area contributed by atoms with Crippen LogP contribution in [-0.4, -0.2) is 28.8 Å². The number of carboxylic acid groups (broad SMARTS) is 2. The molecule has 6 nitrogen and oxygen atoms in total. The summed E-state index contributed by atoms with van der Waals surface area (Å²) in [5.74, 6) is -1.90. The highest BCUT2D eigenvalue weighted by molar-refractivity contribution is 5.88. The number of carbonyl (C=O) groups is 2. The maximum Gasteiger partial charge on any atom is 0.335 e. The van der Waals surface area contributed by atoms with Crippen molar-refractivity contribution in [1.82, 2.24) is 0 Å². The highest BCUT2D eigenvalue weighted by atomic mass is 16.4. The van der Waals surface area contributed by atoms with E-state index in [-0.39, 0.29) is 11.1 Å². The molecule has 0 atom stereocenters. The molecule has 1 aliphatic heterocycles. The first-order valence-corrected chi connectivity index (χ1v) is 6.93. The Balaban J connectivity index is 1.72. The van der Waals surface area contributed by atoms with Gasteiger partial charge < -0.3 is 20.0 Å². The van der Waals surface area contributed by atoms with Crippen molar-refractivity contribution < 1.29 is 19.8 Å². The molecule has 2 aromatic rings. The first-order valence-electron chi connectivity index (χ1n) is 6.93. The molecule has 0 unspecified atom stereocenters. The first kappa shape index (κ1) is 14.6. The second kappa shape index (κ2) is 5.84. The molecule has 0 saturated carbocycles. The Kier molecular flexibility index (Phi) is 3.72. The van der Waals surface area contributed by atoms with Crippen molar-refractivity contribution in [2.24, 2.45) is 0 Å². The van der Waals surface area contributed by atoms with Crippen molar-refractivity contribution in [3.63, 3.8) is 0 Å². The monoisotopic (exact) mass is 310 g/mol. The summed E-state index contributed by atoms with van der Waals surface area (Å²) >= 11 is 0. The quantitative estimate of drug-likeness (QED) is 0.904. The lowest BCUT2D eigenvalue weighted by molar-refractivity contribution is 0.0686. The van der Waals surface area contributed by atoms with Gasteiger partial charge in [0.2, 0.25) is 0 Å². The summed E-state index contributed by atoms with van der Waals surface area (Å²) in [5.41, 5.74) is 2.27. The van der Waals surface area contributed by atoms with Gasteiger partial charge in [0.25, 0.3) is 0 Å². The average molecular weight is 310 g/mol. The number of benzene rings is 2. The molecule has 0 fully saturated rings. The van der Waals surface area contributed by atoms with Crippen LogP contribution in [0, 0.1) is 0 Å². The van der Waals surface area contributed by atoms with Gasteiger partial charge in [-0.2, -0.15) is 0 Å². The van der Waals surface area contributed by atoms with Gasteiger partial charge in [-0.15, -0.1) is 0 Å². The molecule has 0 bridgehead atoms. The van der Waals surface area contributed by atoms with Gasteiger partial charge in [-0.25, -0.2) is 9.59 Å². The topological polar surface area (TPSA) is 81.1 Å². The minimum atomic E-state index is -0.950. The van der Waals surface area contributed by atoms with E-state index in [1.54, 1.807) is 48.5 Å². The first-order chi connectivity index (χ1) is 11.0. The number of carboxylic acids is 2. The van der Waals surface area contributed by atoms with Crippen LogP contribution >= 0.6 is 0 Å². The van der Waals surface area contributed by atoms with Crippen molar-refractivity contribution in [3.8, 4) is 0 Å². The molecular formula is C17H14N2O4. The molecule has 2 aromatic carbocycles. The van der Waals surface area contributed by atoms with Gasteiger partial charge in [-0.05, 0) is 48.5 Å². The van der Waals surface area contributed by atoms with Gasteiger partial charge in [-0.1, -0.05) is 0 Å². The van der Waals surface area contributed by atoms with Crippen LogP contribution in [0.5, 0.6) is 0 Å². The van der Waals surface area contributed by atoms with E-state index in [4.69, 9.17) is 10.2 Å². The van der Waals surface area contributed by atoms with Crippen LogP contribution in [0.15, 0.2) is 60.9 Å². The van der Waals surface area contributed by atoms with E-state index >= 15 is 0 Å². The van der Waals surface area contributed by atoms with Crippen LogP contribution in [0.25, 0.3) is 0 Å². The highest BCUT2D eigenvalue weighted by Crippen LogP contribution is 2.24. The zero-order chi connectivity index (χ0) is 16.4. The van der Waals surface area contributed by atoms with Crippen LogP contribution in [0.2, 0.25) is 0 Å². The summed E-state index contributed by atoms with van der Waals surface area (Å²) in [6.07, 6.45) is 3.78. The minimum absolute atomic E-state index is 0.248. The van der Waals surface area contributed by atoms with Crippen molar-refractivity contribution in [3.05, 3.63) is 72.1 Å². The molecule has 1 heterocycles. The predicted molar refractivity (Wildman–Crippen MR) is 85.8 cm³/mol. The summed E-state index contributed by atoms with van der Waals surface area (Å²) < 4.78 is 0. The van der Waals surface area contributed by atoms with Crippen LogP contribution in [0.1, 0.15) is 20.7 Å². The number of hydrogen-bond donors (Lipinski definition) is 2. The Labute approximate surface area is 132 Å². The molecule has 2 N–H and O–H groups in total. The molecule has 0 radical (unpaired) electrons. The van der Waals surface area contributed by atoms with E-state index in [1.807, 2.05) is 22.2 Å². The number of nitrogens with zero attached hydrogens (tertiary/aromatic N) is 2. The third-order valence-corrected chi connectivity index (χ3v) is 3.62. The Morgan fingerprint density at radius 1 is 0.696 bits per heavy atom. The third-order valence-electron chi connectivity index (χ3n) is 3.62. The molecule has 6 heteroatoms. The summed E-state index contributed by atoms with van der Waals surface area (Å²) in [7, 11) is 0. The van der Waals surface area contributed by atoms with Crippen LogP contribution < -0.4 is 9.80 Å². The van der Waals surface area contributed by atoms with Gasteiger partial charge in [0, 0.05) is 23.8 Å². The highest BCUT2D eigenvalue weighted by Gasteiger charge is 2.16. The molecular weight excluding hydrogens is 296 g/mol. The van der Waals surface area contributed by atoms with Crippen molar-refractivity contribution in [2.45, 2.75) is 0 Å². The van der Waals surface area contributed by atoms with Crippen molar-refractivity contribution in [2.75, 3.05) is 16.5 Å². The number of anilines is 2. The normalized spacial score (nSPS) is 13.4. The van der Waals surface area contributed by atoms with Crippen molar-refractivity contribution in [1.29, 1.82) is 0 Å². The fraction of sp³-hybridized carbons (Fsp3) is 0.0588. The van der Waals surface area contributed by atoms with E-state index in [1.165, 1.54) is 0 Å². The molecule has 0 aliphatic carbocycles. The Hall–Kier alpha value is -3.28. The second-order valence-corrected chi connectivity index (χ2v) is 5.08. The van der Waals surface area contributed by atoms with Gasteiger partial charge in [0.1, 0.15) is 0 Å². The zero-order valence-electron chi connectivity index (χ0n) is 12.1. The van der Waals surface area contributed by atoms with Crippen LogP contribution in [0.4, 0.5) is 11.4 Å². The molecule has 0 saturated heterocycles. The lowest BCUT2D eigenvalue weighted by Crippen LogP contribution is -2.24. The fourth-order valence-corrected chi connectivity index (χ4v) is 2.35. The Morgan fingerprint density at radius 2 is 1.04 bits per heavy atom. The van der Waals surface area contributed by atoms with Gasteiger partial charge in [0.15, 0.2) is 0 Å². The maximum absolute atomic E-state index is 10.9. The minimum Gasteiger partial charge on any atom is -0.478 e. The molecule has 1 aliphatic rings. The smallest absolute Gasteiger partial charge is 0.335 e. The molecule has 116 valence electrons. The molecule has 0 spiro atoms. The SMILES string of the molecule is O=C(O)c1ccc(N2C=CN(c3ccc(C(=O)O)cc3)C2)cc1. The van der Waals surface area contributed by atoms with Gasteiger partial charge in [0.05, 0.1) is 17.8 Å². The average Bonchev–Trinajstić information content (AvgIpc) is 3.05. The standard InChI is InChI=1S/C17H14N2O4/c20-16(21)12-1-5-14(6-2-12)18-9-10-19(11-18)15-7-3-13(4-8-15)17(22)23/h1-10H,11H2,(H,20,21)(H,22,23). The molecule has 0 aromatic heterocycles. The van der Waals surface area contributed by atoms with E-state index in [0.717, 1.165) is 11.4 Å². The lowest BCUT2D eigenvalue weighted by atomic mass is 10.2.